The van der Waals surface area contributed by atoms with Gasteiger partial charge in [-0.2, -0.15) is 0 Å². The maximum atomic E-state index is 13.4. The van der Waals surface area contributed by atoms with Crippen LogP contribution in [0.1, 0.15) is 60.2 Å². The number of carbonyl (C=O) groups excluding carboxylic acids is 2. The maximum absolute atomic E-state index is 13.4. The van der Waals surface area contributed by atoms with Crippen molar-refractivity contribution in [1.29, 1.82) is 0 Å². The second-order valence-corrected chi connectivity index (χ2v) is 11.0. The Bertz CT molecular complexity index is 995. The minimum Gasteiger partial charge on any atom is -0.338 e. The molecule has 0 N–H and O–H groups in total. The normalized spacial score (nSPS) is 24.2. The zero-order valence-electron chi connectivity index (χ0n) is 19.8. The maximum Gasteiger partial charge on any atom is 0.236 e. The summed E-state index contributed by atoms with van der Waals surface area (Å²) in [6, 6.07) is 11.2. The highest BCUT2D eigenvalue weighted by Gasteiger charge is 2.36. The van der Waals surface area contributed by atoms with E-state index in [1.54, 1.807) is 0 Å². The first-order valence-corrected chi connectivity index (χ1v) is 13.3. The van der Waals surface area contributed by atoms with E-state index < -0.39 is 0 Å². The monoisotopic (exact) mass is 465 g/mol. The van der Waals surface area contributed by atoms with Crippen LogP contribution in [0.3, 0.4) is 0 Å². The lowest BCUT2D eigenvalue weighted by Crippen LogP contribution is -2.58. The molecule has 1 saturated heterocycles. The molecule has 2 aliphatic heterocycles. The van der Waals surface area contributed by atoms with Gasteiger partial charge in [0, 0.05) is 43.0 Å². The Morgan fingerprint density at radius 2 is 1.79 bits per heavy atom. The number of amides is 2. The zero-order valence-corrected chi connectivity index (χ0v) is 20.7. The third-order valence-electron chi connectivity index (χ3n) is 7.76. The smallest absolute Gasteiger partial charge is 0.236 e. The second-order valence-electron chi connectivity index (χ2n) is 10.0. The molecule has 2 atom stereocenters. The van der Waals surface area contributed by atoms with E-state index in [0.717, 1.165) is 25.8 Å². The van der Waals surface area contributed by atoms with Gasteiger partial charge in [-0.05, 0) is 55.7 Å². The molecule has 2 amide bonds. The number of rotatable bonds is 4. The van der Waals surface area contributed by atoms with Gasteiger partial charge < -0.3 is 9.80 Å². The molecule has 5 nitrogen and oxygen atoms in total. The topological polar surface area (TPSA) is 43.9 Å². The average molecular weight is 466 g/mol. The summed E-state index contributed by atoms with van der Waals surface area (Å²) >= 11 is 1.83. The van der Waals surface area contributed by atoms with E-state index in [1.165, 1.54) is 34.4 Å². The molecule has 1 aliphatic carbocycles. The molecule has 0 radical (unpaired) electrons. The van der Waals surface area contributed by atoms with Crippen molar-refractivity contribution in [2.75, 3.05) is 32.7 Å². The molecule has 1 saturated carbocycles. The highest BCUT2D eigenvalue weighted by Crippen LogP contribution is 2.38. The second kappa shape index (κ2) is 9.59. The van der Waals surface area contributed by atoms with E-state index in [1.807, 2.05) is 21.1 Å². The summed E-state index contributed by atoms with van der Waals surface area (Å²) in [6.45, 7) is 7.49. The van der Waals surface area contributed by atoms with E-state index in [2.05, 4.69) is 54.5 Å². The molecular formula is C27H35N3O2S. The van der Waals surface area contributed by atoms with Gasteiger partial charge in [0.25, 0.3) is 0 Å². The summed E-state index contributed by atoms with van der Waals surface area (Å²) in [5, 5.41) is 2.18. The molecule has 3 aliphatic rings. The Morgan fingerprint density at radius 1 is 1.03 bits per heavy atom. The van der Waals surface area contributed by atoms with Crippen molar-refractivity contribution < 1.29 is 9.59 Å². The van der Waals surface area contributed by atoms with Crippen LogP contribution in [0.4, 0.5) is 0 Å². The number of piperazine rings is 1. The number of aryl methyl sites for hydroxylation is 1. The molecule has 1 aromatic carbocycles. The summed E-state index contributed by atoms with van der Waals surface area (Å²) in [5.41, 5.74) is 3.86. The Balaban J connectivity index is 1.27. The fourth-order valence-electron chi connectivity index (χ4n) is 5.87. The lowest BCUT2D eigenvalue weighted by molar-refractivity contribution is -0.145. The van der Waals surface area contributed by atoms with Crippen molar-refractivity contribution in [3.05, 3.63) is 57.3 Å². The molecule has 6 heteroatoms. The Morgan fingerprint density at radius 3 is 2.52 bits per heavy atom. The summed E-state index contributed by atoms with van der Waals surface area (Å²) in [5.74, 6) is 0.705. The fourth-order valence-corrected chi connectivity index (χ4v) is 6.77. The van der Waals surface area contributed by atoms with Crippen LogP contribution in [0.15, 0.2) is 35.7 Å². The quantitative estimate of drug-likeness (QED) is 0.678. The molecule has 3 heterocycles. The number of thiophene rings is 1. The number of nitrogens with zero attached hydrogens (tertiary/aromatic N) is 3. The molecule has 33 heavy (non-hydrogen) atoms. The van der Waals surface area contributed by atoms with Crippen LogP contribution in [-0.2, 0) is 16.0 Å². The molecule has 176 valence electrons. The molecule has 0 unspecified atom stereocenters. The minimum absolute atomic E-state index is 0.0912. The molecule has 5 rings (SSSR count). The van der Waals surface area contributed by atoms with Gasteiger partial charge in [-0.25, -0.2) is 0 Å². The van der Waals surface area contributed by atoms with Crippen LogP contribution < -0.4 is 0 Å². The lowest BCUT2D eigenvalue weighted by Gasteiger charge is -2.42. The third kappa shape index (κ3) is 4.60. The summed E-state index contributed by atoms with van der Waals surface area (Å²) in [4.78, 5) is 34.2. The van der Waals surface area contributed by atoms with Crippen LogP contribution in [0.25, 0.3) is 0 Å². The SMILES string of the molecule is Cc1ccc([C@H]2c3ccsc3CCN2CC(=O)N2CCN(C(=O)C3CCCC3)[C@@H](C)C2)cc1. The highest BCUT2D eigenvalue weighted by molar-refractivity contribution is 7.10. The zero-order chi connectivity index (χ0) is 22.9. The van der Waals surface area contributed by atoms with E-state index in [4.69, 9.17) is 0 Å². The first-order chi connectivity index (χ1) is 16.0. The van der Waals surface area contributed by atoms with Crippen LogP contribution in [0, 0.1) is 12.8 Å². The number of benzene rings is 1. The van der Waals surface area contributed by atoms with Crippen molar-refractivity contribution in [3.63, 3.8) is 0 Å². The summed E-state index contributed by atoms with van der Waals surface area (Å²) in [7, 11) is 0. The largest absolute Gasteiger partial charge is 0.338 e. The van der Waals surface area contributed by atoms with Crippen molar-refractivity contribution >= 4 is 23.2 Å². The van der Waals surface area contributed by atoms with Gasteiger partial charge in [-0.1, -0.05) is 42.7 Å². The highest BCUT2D eigenvalue weighted by atomic mass is 32.1. The van der Waals surface area contributed by atoms with Crippen molar-refractivity contribution in [3.8, 4) is 0 Å². The number of hydrogen-bond acceptors (Lipinski definition) is 4. The first kappa shape index (κ1) is 22.6. The molecular weight excluding hydrogens is 430 g/mol. The lowest BCUT2D eigenvalue weighted by atomic mass is 9.92. The summed E-state index contributed by atoms with van der Waals surface area (Å²) in [6.07, 6.45) is 5.41. The number of hydrogen-bond donors (Lipinski definition) is 0. The Kier molecular flexibility index (Phi) is 6.57. The number of carbonyl (C=O) groups is 2. The van der Waals surface area contributed by atoms with Crippen molar-refractivity contribution in [2.24, 2.45) is 5.92 Å². The molecule has 0 bridgehead atoms. The number of fused-ring (bicyclic) bond motifs is 1. The van der Waals surface area contributed by atoms with E-state index in [-0.39, 0.29) is 23.9 Å². The van der Waals surface area contributed by atoms with Crippen LogP contribution in [0.2, 0.25) is 0 Å². The predicted molar refractivity (Wildman–Crippen MR) is 132 cm³/mol. The average Bonchev–Trinajstić information content (AvgIpc) is 3.51. The Hall–Kier alpha value is -2.18. The van der Waals surface area contributed by atoms with Gasteiger partial charge in [0.1, 0.15) is 0 Å². The van der Waals surface area contributed by atoms with E-state index >= 15 is 0 Å². The van der Waals surface area contributed by atoms with Gasteiger partial charge in [0.05, 0.1) is 12.6 Å². The van der Waals surface area contributed by atoms with Gasteiger partial charge in [-0.15, -0.1) is 11.3 Å². The van der Waals surface area contributed by atoms with Crippen LogP contribution >= 0.6 is 11.3 Å². The van der Waals surface area contributed by atoms with E-state index in [0.29, 0.717) is 32.1 Å². The van der Waals surface area contributed by atoms with Crippen LogP contribution in [-0.4, -0.2) is 65.3 Å². The molecule has 1 aromatic heterocycles. The Labute approximate surface area is 201 Å². The summed E-state index contributed by atoms with van der Waals surface area (Å²) < 4.78 is 0. The third-order valence-corrected chi connectivity index (χ3v) is 8.76. The van der Waals surface area contributed by atoms with Gasteiger partial charge in [-0.3, -0.25) is 14.5 Å². The van der Waals surface area contributed by atoms with E-state index in [9.17, 15) is 9.59 Å². The molecule has 2 aromatic rings. The van der Waals surface area contributed by atoms with Gasteiger partial charge in [0.15, 0.2) is 0 Å². The van der Waals surface area contributed by atoms with Crippen molar-refractivity contribution in [1.82, 2.24) is 14.7 Å². The predicted octanol–water partition coefficient (Wildman–Crippen LogP) is 4.25. The fraction of sp³-hybridized carbons (Fsp3) is 0.556. The molecule has 0 spiro atoms. The standard InChI is InChI=1S/C27H35N3O2S/c1-19-7-9-21(10-8-19)26-23-12-16-33-24(23)11-13-29(26)18-25(31)28-14-15-30(20(2)17-28)27(32)22-5-3-4-6-22/h7-10,12,16,20,22,26H,3-6,11,13-15,17-18H2,1-2H3/t20-,26-/m0/s1. The van der Waals surface area contributed by atoms with Crippen LogP contribution in [0.5, 0.6) is 0 Å². The first-order valence-electron chi connectivity index (χ1n) is 12.5. The minimum atomic E-state index is 0.0912. The molecule has 2 fully saturated rings. The van der Waals surface area contributed by atoms with Crippen molar-refractivity contribution in [2.45, 2.75) is 58.0 Å². The van der Waals surface area contributed by atoms with Gasteiger partial charge in [0.2, 0.25) is 11.8 Å². The van der Waals surface area contributed by atoms with Gasteiger partial charge >= 0.3 is 0 Å².